The number of morpholine rings is 1. The number of nitrogens with one attached hydrogen (secondary N) is 2. The summed E-state index contributed by atoms with van der Waals surface area (Å²) in [6.07, 6.45) is 6.01. The molecule has 0 radical (unpaired) electrons. The topological polar surface area (TPSA) is 126 Å². The van der Waals surface area contributed by atoms with Crippen LogP contribution < -0.4 is 15.5 Å². The van der Waals surface area contributed by atoms with Gasteiger partial charge >= 0.3 is 6.03 Å². The third-order valence-corrected chi connectivity index (χ3v) is 9.87. The maximum Gasteiger partial charge on any atom is 0.319 e. The van der Waals surface area contributed by atoms with Crippen molar-refractivity contribution in [2.45, 2.75) is 54.3 Å². The number of sulfone groups is 1. The Bertz CT molecular complexity index is 1440. The molecule has 1 saturated heterocycles. The first kappa shape index (κ1) is 24.7. The molecule has 38 heavy (non-hydrogen) atoms. The molecule has 1 aliphatic heterocycles. The fraction of sp³-hybridized carbons (Fsp3) is 0.407. The van der Waals surface area contributed by atoms with Crippen LogP contribution >= 0.6 is 0 Å². The maximum absolute atomic E-state index is 13.8. The number of carbonyl (C=O) groups excluding carboxylic acids is 1. The van der Waals surface area contributed by atoms with Gasteiger partial charge in [0.25, 0.3) is 0 Å². The summed E-state index contributed by atoms with van der Waals surface area (Å²) in [5, 5.41) is 5.75. The summed E-state index contributed by atoms with van der Waals surface area (Å²) in [5.74, 6) is 1.13. The lowest BCUT2D eigenvalue weighted by Crippen LogP contribution is -2.44. The standard InChI is InChI=1S/C27H30N6O4S/c1-18-17-37-15-14-33(18)24-16-23(27(10-11-27)38(35,36)22-8-12-28-13-9-22)31-25(32-24)19-2-4-20(5-3-19)29-26(34)30-21-6-7-21/h2-5,8-9,12-13,16,18,21H,6-7,10-11,14-15,17H2,1H3,(H2,29,30,34)/t18-/m0/s1. The van der Waals surface area contributed by atoms with E-state index in [2.05, 4.69) is 27.4 Å². The molecule has 3 aliphatic rings. The first-order chi connectivity index (χ1) is 18.4. The summed E-state index contributed by atoms with van der Waals surface area (Å²) in [6.45, 7) is 3.86. The smallest absolute Gasteiger partial charge is 0.319 e. The molecule has 3 heterocycles. The predicted molar refractivity (Wildman–Crippen MR) is 143 cm³/mol. The van der Waals surface area contributed by atoms with E-state index < -0.39 is 14.6 Å². The van der Waals surface area contributed by atoms with Crippen molar-refractivity contribution in [2.24, 2.45) is 0 Å². The van der Waals surface area contributed by atoms with Crippen LogP contribution in [0.2, 0.25) is 0 Å². The van der Waals surface area contributed by atoms with Crippen molar-refractivity contribution in [3.63, 3.8) is 0 Å². The highest BCUT2D eigenvalue weighted by Crippen LogP contribution is 2.55. The van der Waals surface area contributed by atoms with E-state index in [1.807, 2.05) is 18.2 Å². The second-order valence-corrected chi connectivity index (χ2v) is 12.4. The Balaban J connectivity index is 1.37. The number of hydrogen-bond donors (Lipinski definition) is 2. The fourth-order valence-corrected chi connectivity index (χ4v) is 6.76. The van der Waals surface area contributed by atoms with Gasteiger partial charge in [-0.3, -0.25) is 4.98 Å². The van der Waals surface area contributed by atoms with Gasteiger partial charge in [-0.2, -0.15) is 0 Å². The lowest BCUT2D eigenvalue weighted by molar-refractivity contribution is 0.0985. The molecule has 2 aliphatic carbocycles. The summed E-state index contributed by atoms with van der Waals surface area (Å²) in [5.41, 5.74) is 1.89. The first-order valence-corrected chi connectivity index (χ1v) is 14.4. The number of rotatable bonds is 7. The number of aromatic nitrogens is 3. The molecule has 2 amide bonds. The van der Waals surface area contributed by atoms with Gasteiger partial charge in [0.05, 0.1) is 29.8 Å². The summed E-state index contributed by atoms with van der Waals surface area (Å²) < 4.78 is 32.1. The minimum Gasteiger partial charge on any atom is -0.377 e. The number of urea groups is 1. The minimum absolute atomic E-state index is 0.0860. The molecule has 198 valence electrons. The predicted octanol–water partition coefficient (Wildman–Crippen LogP) is 3.51. The SMILES string of the molecule is C[C@H]1COCCN1c1cc(C2(S(=O)(=O)c3ccncc3)CC2)nc(-c2ccc(NC(=O)NC3CC3)cc2)n1. The number of carbonyl (C=O) groups is 1. The van der Waals surface area contributed by atoms with Crippen LogP contribution in [0.4, 0.5) is 16.3 Å². The van der Waals surface area contributed by atoms with Crippen LogP contribution in [0.5, 0.6) is 0 Å². The lowest BCUT2D eigenvalue weighted by atomic mass is 10.1. The average Bonchev–Trinajstić information content (AvgIpc) is 3.85. The van der Waals surface area contributed by atoms with E-state index in [0.29, 0.717) is 55.6 Å². The summed E-state index contributed by atoms with van der Waals surface area (Å²) in [6, 6.07) is 12.3. The summed E-state index contributed by atoms with van der Waals surface area (Å²) >= 11 is 0. The number of hydrogen-bond acceptors (Lipinski definition) is 8. The van der Waals surface area contributed by atoms with Crippen molar-refractivity contribution in [3.8, 4) is 11.4 Å². The quantitative estimate of drug-likeness (QED) is 0.472. The van der Waals surface area contributed by atoms with Crippen LogP contribution in [0.3, 0.4) is 0 Å². The monoisotopic (exact) mass is 534 g/mol. The summed E-state index contributed by atoms with van der Waals surface area (Å²) in [4.78, 5) is 28.2. The average molecular weight is 535 g/mol. The van der Waals surface area contributed by atoms with Crippen molar-refractivity contribution >= 4 is 27.4 Å². The van der Waals surface area contributed by atoms with Gasteiger partial charge in [0, 0.05) is 42.3 Å². The Morgan fingerprint density at radius 1 is 1.08 bits per heavy atom. The van der Waals surface area contributed by atoms with Crippen molar-refractivity contribution < 1.29 is 17.9 Å². The highest BCUT2D eigenvalue weighted by atomic mass is 32.2. The van der Waals surface area contributed by atoms with E-state index in [9.17, 15) is 13.2 Å². The van der Waals surface area contributed by atoms with Gasteiger partial charge in [-0.15, -0.1) is 0 Å². The second kappa shape index (κ2) is 9.63. The zero-order chi connectivity index (χ0) is 26.3. The van der Waals surface area contributed by atoms with E-state index in [4.69, 9.17) is 14.7 Å². The maximum atomic E-state index is 13.8. The highest BCUT2D eigenvalue weighted by Gasteiger charge is 2.58. The van der Waals surface area contributed by atoms with Crippen LogP contribution in [0.15, 0.2) is 59.8 Å². The van der Waals surface area contributed by atoms with Crippen LogP contribution in [0.1, 0.15) is 38.3 Å². The van der Waals surface area contributed by atoms with Gasteiger partial charge in [-0.1, -0.05) is 0 Å². The normalized spacial score (nSPS) is 20.6. The van der Waals surface area contributed by atoms with Crippen LogP contribution in [-0.2, 0) is 19.3 Å². The van der Waals surface area contributed by atoms with Gasteiger partial charge in [0.2, 0.25) is 0 Å². The second-order valence-electron chi connectivity index (χ2n) is 10.2. The van der Waals surface area contributed by atoms with Crippen LogP contribution in [-0.4, -0.2) is 61.2 Å². The van der Waals surface area contributed by atoms with Gasteiger partial charge < -0.3 is 20.3 Å². The molecule has 2 aromatic heterocycles. The Morgan fingerprint density at radius 3 is 2.47 bits per heavy atom. The number of benzene rings is 1. The van der Waals surface area contributed by atoms with Crippen LogP contribution in [0.25, 0.3) is 11.4 Å². The van der Waals surface area contributed by atoms with Gasteiger partial charge in [-0.25, -0.2) is 23.2 Å². The zero-order valence-electron chi connectivity index (χ0n) is 21.1. The molecule has 2 saturated carbocycles. The molecule has 3 fully saturated rings. The highest BCUT2D eigenvalue weighted by molar-refractivity contribution is 7.92. The van der Waals surface area contributed by atoms with E-state index in [-0.39, 0.29) is 23.0 Å². The van der Waals surface area contributed by atoms with E-state index in [1.54, 1.807) is 12.1 Å². The Morgan fingerprint density at radius 2 is 1.82 bits per heavy atom. The largest absolute Gasteiger partial charge is 0.377 e. The molecular weight excluding hydrogens is 504 g/mol. The molecular formula is C27H30N6O4S. The first-order valence-electron chi connectivity index (χ1n) is 12.9. The summed E-state index contributed by atoms with van der Waals surface area (Å²) in [7, 11) is -3.69. The van der Waals surface area contributed by atoms with Gasteiger partial charge in [0.1, 0.15) is 10.6 Å². The third-order valence-electron chi connectivity index (χ3n) is 7.33. The Hall–Kier alpha value is -3.57. The van der Waals surface area contributed by atoms with Gasteiger partial charge in [-0.05, 0) is 69.0 Å². The van der Waals surface area contributed by atoms with E-state index >= 15 is 0 Å². The van der Waals surface area contributed by atoms with Crippen LogP contribution in [0, 0.1) is 0 Å². The zero-order valence-corrected chi connectivity index (χ0v) is 21.9. The molecule has 11 heteroatoms. The number of amides is 2. The van der Waals surface area contributed by atoms with Crippen molar-refractivity contribution in [1.82, 2.24) is 20.3 Å². The number of anilines is 2. The Labute approximate surface area is 221 Å². The molecule has 1 atom stereocenters. The van der Waals surface area contributed by atoms with Crippen molar-refractivity contribution in [2.75, 3.05) is 30.0 Å². The van der Waals surface area contributed by atoms with Crippen molar-refractivity contribution in [1.29, 1.82) is 0 Å². The molecule has 3 aromatic rings. The molecule has 1 aromatic carbocycles. The van der Waals surface area contributed by atoms with E-state index in [0.717, 1.165) is 18.4 Å². The fourth-order valence-electron chi connectivity index (χ4n) is 4.81. The molecule has 0 unspecified atom stereocenters. The molecule has 0 bridgehead atoms. The molecule has 2 N–H and O–H groups in total. The van der Waals surface area contributed by atoms with E-state index in [1.165, 1.54) is 24.5 Å². The number of ether oxygens (including phenoxy) is 1. The number of nitrogens with zero attached hydrogens (tertiary/aromatic N) is 4. The van der Waals surface area contributed by atoms with Gasteiger partial charge in [0.15, 0.2) is 15.7 Å². The minimum atomic E-state index is -3.69. The Kier molecular flexibility index (Phi) is 6.27. The molecule has 6 rings (SSSR count). The third kappa shape index (κ3) is 4.71. The molecule has 10 nitrogen and oxygen atoms in total. The number of pyridine rings is 1. The molecule has 0 spiro atoms. The van der Waals surface area contributed by atoms with Crippen molar-refractivity contribution in [3.05, 3.63) is 60.6 Å². The lowest BCUT2D eigenvalue weighted by Gasteiger charge is -2.34.